The molecule has 1 aliphatic heterocycles. The molecule has 0 saturated carbocycles. The summed E-state index contributed by atoms with van der Waals surface area (Å²) in [7, 11) is 0. The molecule has 1 aromatic rings. The van der Waals surface area contributed by atoms with Gasteiger partial charge in [-0.25, -0.2) is 0 Å². The minimum Gasteiger partial charge on any atom is -0.598 e. The lowest BCUT2D eigenvalue weighted by atomic mass is 9.76. The van der Waals surface area contributed by atoms with Gasteiger partial charge in [0.1, 0.15) is 4.75 Å². The third-order valence-corrected chi connectivity index (χ3v) is 5.82. The standard InChI is InChI=1S/C15H22N2OS/c1-14(2,3)19(18)17-13-12-7-5-4-6-11(12)8-15(13)9-16-10-15/h4-7,13,16-17H,8-10H2,1-3H3/t13-,19?/m0/s1. The van der Waals surface area contributed by atoms with Crippen molar-refractivity contribution in [1.29, 1.82) is 0 Å². The molecule has 4 heteroatoms. The maximum Gasteiger partial charge on any atom is 0.136 e. The van der Waals surface area contributed by atoms with E-state index in [1.807, 2.05) is 20.8 Å². The normalized spacial score (nSPS) is 26.0. The topological polar surface area (TPSA) is 47.1 Å². The van der Waals surface area contributed by atoms with E-state index in [1.54, 1.807) is 0 Å². The van der Waals surface area contributed by atoms with E-state index in [0.717, 1.165) is 19.5 Å². The quantitative estimate of drug-likeness (QED) is 0.813. The first kappa shape index (κ1) is 13.4. The Morgan fingerprint density at radius 3 is 2.58 bits per heavy atom. The van der Waals surface area contributed by atoms with Crippen LogP contribution in [0.1, 0.15) is 37.9 Å². The Morgan fingerprint density at radius 2 is 2.00 bits per heavy atom. The van der Waals surface area contributed by atoms with Gasteiger partial charge < -0.3 is 9.87 Å². The molecule has 1 heterocycles. The highest BCUT2D eigenvalue weighted by Gasteiger charge is 2.52. The predicted octanol–water partition coefficient (Wildman–Crippen LogP) is 1.93. The molecule has 2 N–H and O–H groups in total. The summed E-state index contributed by atoms with van der Waals surface area (Å²) in [6.07, 6.45) is 1.09. The summed E-state index contributed by atoms with van der Waals surface area (Å²) in [5, 5.41) is 3.38. The summed E-state index contributed by atoms with van der Waals surface area (Å²) in [6, 6.07) is 8.78. The Bertz CT molecular complexity index is 479. The lowest BCUT2D eigenvalue weighted by molar-refractivity contribution is 0.134. The highest BCUT2D eigenvalue weighted by Crippen LogP contribution is 2.48. The average molecular weight is 278 g/mol. The van der Waals surface area contributed by atoms with E-state index in [9.17, 15) is 4.55 Å². The number of benzene rings is 1. The molecule has 2 atom stereocenters. The number of rotatable bonds is 2. The van der Waals surface area contributed by atoms with Gasteiger partial charge in [0.2, 0.25) is 0 Å². The highest BCUT2D eigenvalue weighted by molar-refractivity contribution is 7.90. The molecule has 0 amide bonds. The van der Waals surface area contributed by atoms with Crippen molar-refractivity contribution in [1.82, 2.24) is 10.0 Å². The highest BCUT2D eigenvalue weighted by atomic mass is 32.2. The van der Waals surface area contributed by atoms with Crippen LogP contribution in [-0.2, 0) is 17.8 Å². The van der Waals surface area contributed by atoms with Gasteiger partial charge in [0.05, 0.1) is 6.04 Å². The van der Waals surface area contributed by atoms with Gasteiger partial charge in [-0.2, -0.15) is 0 Å². The van der Waals surface area contributed by atoms with Crippen molar-refractivity contribution in [2.24, 2.45) is 5.41 Å². The van der Waals surface area contributed by atoms with Gasteiger partial charge in [-0.1, -0.05) is 24.3 Å². The van der Waals surface area contributed by atoms with E-state index in [2.05, 4.69) is 34.3 Å². The largest absolute Gasteiger partial charge is 0.598 e. The van der Waals surface area contributed by atoms with E-state index < -0.39 is 11.4 Å². The molecular formula is C15H22N2OS. The zero-order chi connectivity index (χ0) is 13.7. The number of hydrogen-bond acceptors (Lipinski definition) is 3. The fourth-order valence-electron chi connectivity index (χ4n) is 3.04. The molecule has 3 rings (SSSR count). The lowest BCUT2D eigenvalue weighted by Gasteiger charge is -2.44. The van der Waals surface area contributed by atoms with Crippen molar-refractivity contribution in [3.8, 4) is 0 Å². The Kier molecular flexibility index (Phi) is 3.17. The summed E-state index contributed by atoms with van der Waals surface area (Å²) in [6.45, 7) is 8.08. The van der Waals surface area contributed by atoms with Gasteiger partial charge in [0, 0.05) is 29.9 Å². The number of hydrogen-bond donors (Lipinski definition) is 2. The van der Waals surface area contributed by atoms with Crippen LogP contribution in [0.25, 0.3) is 0 Å². The van der Waals surface area contributed by atoms with E-state index in [1.165, 1.54) is 11.1 Å². The van der Waals surface area contributed by atoms with Crippen LogP contribution in [0, 0.1) is 5.41 Å². The zero-order valence-electron chi connectivity index (χ0n) is 11.8. The van der Waals surface area contributed by atoms with E-state index in [4.69, 9.17) is 0 Å². The summed E-state index contributed by atoms with van der Waals surface area (Å²) in [4.78, 5) is 0. The molecule has 1 aromatic carbocycles. The van der Waals surface area contributed by atoms with Crippen LogP contribution in [0.3, 0.4) is 0 Å². The lowest BCUT2D eigenvalue weighted by Crippen LogP contribution is -2.60. The fraction of sp³-hybridized carbons (Fsp3) is 0.600. The van der Waals surface area contributed by atoms with E-state index >= 15 is 0 Å². The molecule has 0 aromatic heterocycles. The first-order chi connectivity index (χ1) is 8.92. The van der Waals surface area contributed by atoms with Crippen molar-refractivity contribution in [3.05, 3.63) is 35.4 Å². The molecular weight excluding hydrogens is 256 g/mol. The maximum atomic E-state index is 12.4. The van der Waals surface area contributed by atoms with Crippen LogP contribution in [0.15, 0.2) is 24.3 Å². The average Bonchev–Trinajstić information content (AvgIpc) is 2.63. The molecule has 1 unspecified atom stereocenters. The Morgan fingerprint density at radius 1 is 1.32 bits per heavy atom. The van der Waals surface area contributed by atoms with Crippen LogP contribution < -0.4 is 10.0 Å². The molecule has 1 fully saturated rings. The van der Waals surface area contributed by atoms with Gasteiger partial charge in [-0.15, -0.1) is 4.72 Å². The van der Waals surface area contributed by atoms with Crippen LogP contribution in [0.5, 0.6) is 0 Å². The van der Waals surface area contributed by atoms with E-state index in [0.29, 0.717) is 0 Å². The summed E-state index contributed by atoms with van der Waals surface area (Å²) >= 11 is -1.03. The second-order valence-electron chi connectivity index (χ2n) is 6.77. The van der Waals surface area contributed by atoms with Crippen molar-refractivity contribution in [3.63, 3.8) is 0 Å². The van der Waals surface area contributed by atoms with Crippen LogP contribution in [-0.4, -0.2) is 22.4 Å². The van der Waals surface area contributed by atoms with Crippen LogP contribution >= 0.6 is 0 Å². The monoisotopic (exact) mass is 278 g/mol. The molecule has 19 heavy (non-hydrogen) atoms. The van der Waals surface area contributed by atoms with Gasteiger partial charge >= 0.3 is 0 Å². The molecule has 3 nitrogen and oxygen atoms in total. The third-order valence-electron chi connectivity index (χ3n) is 4.26. The molecule has 1 saturated heterocycles. The summed E-state index contributed by atoms with van der Waals surface area (Å²) in [5.41, 5.74) is 2.97. The fourth-order valence-corrected chi connectivity index (χ4v) is 3.98. The Hall–Kier alpha value is -0.550. The van der Waals surface area contributed by atoms with Gasteiger partial charge in [0.15, 0.2) is 0 Å². The second-order valence-corrected chi connectivity index (χ2v) is 8.77. The van der Waals surface area contributed by atoms with Crippen molar-refractivity contribution < 1.29 is 4.55 Å². The smallest absolute Gasteiger partial charge is 0.136 e. The number of nitrogens with one attached hydrogen (secondary N) is 2. The second kappa shape index (κ2) is 4.48. The SMILES string of the molecule is CC(C)(C)[S+]([O-])N[C@H]1c2ccccc2CC12CNC2. The van der Waals surface area contributed by atoms with Gasteiger partial charge in [-0.3, -0.25) is 0 Å². The van der Waals surface area contributed by atoms with Crippen LogP contribution in [0.2, 0.25) is 0 Å². The van der Waals surface area contributed by atoms with Crippen molar-refractivity contribution in [2.75, 3.05) is 13.1 Å². The maximum absolute atomic E-state index is 12.4. The number of fused-ring (bicyclic) bond motifs is 1. The van der Waals surface area contributed by atoms with Gasteiger partial charge in [-0.05, 0) is 38.3 Å². The molecule has 0 radical (unpaired) electrons. The molecule has 1 aliphatic carbocycles. The van der Waals surface area contributed by atoms with Crippen molar-refractivity contribution >= 4 is 11.4 Å². The van der Waals surface area contributed by atoms with Crippen LogP contribution in [0.4, 0.5) is 0 Å². The molecule has 104 valence electrons. The minimum atomic E-state index is -1.03. The predicted molar refractivity (Wildman–Crippen MR) is 79.2 cm³/mol. The van der Waals surface area contributed by atoms with Gasteiger partial charge in [0.25, 0.3) is 0 Å². The minimum absolute atomic E-state index is 0.213. The summed E-state index contributed by atoms with van der Waals surface area (Å²) < 4.78 is 15.6. The molecule has 0 bridgehead atoms. The Balaban J connectivity index is 1.89. The van der Waals surface area contributed by atoms with Crippen molar-refractivity contribution in [2.45, 2.75) is 38.0 Å². The Labute approximate surface area is 118 Å². The third kappa shape index (κ3) is 2.21. The molecule has 2 aliphatic rings. The first-order valence-corrected chi connectivity index (χ1v) is 8.04. The molecule has 1 spiro atoms. The summed E-state index contributed by atoms with van der Waals surface area (Å²) in [5.74, 6) is 0. The first-order valence-electron chi connectivity index (χ1n) is 6.89. The van der Waals surface area contributed by atoms with E-state index in [-0.39, 0.29) is 16.2 Å². The zero-order valence-corrected chi connectivity index (χ0v) is 12.6.